The second kappa shape index (κ2) is 6.06. The van der Waals surface area contributed by atoms with Crippen molar-refractivity contribution in [2.45, 2.75) is 39.2 Å². The summed E-state index contributed by atoms with van der Waals surface area (Å²) in [6.45, 7) is 7.93. The summed E-state index contributed by atoms with van der Waals surface area (Å²) in [5, 5.41) is 3.60. The van der Waals surface area contributed by atoms with Gasteiger partial charge < -0.3 is 10.2 Å². The molecule has 0 fully saturated rings. The van der Waals surface area contributed by atoms with Crippen LogP contribution in [0.2, 0.25) is 0 Å². The second-order valence-corrected chi connectivity index (χ2v) is 5.01. The highest BCUT2D eigenvalue weighted by molar-refractivity contribution is 5.57. The Morgan fingerprint density at radius 2 is 2.18 bits per heavy atom. The molecular weight excluding hydrogens is 208 g/mol. The minimum absolute atomic E-state index is 0.651. The third-order valence-corrected chi connectivity index (χ3v) is 3.58. The maximum atomic E-state index is 3.60. The highest BCUT2D eigenvalue weighted by Gasteiger charge is 2.17. The number of para-hydroxylation sites is 1. The molecule has 1 aliphatic heterocycles. The van der Waals surface area contributed by atoms with Crippen molar-refractivity contribution in [3.05, 3.63) is 29.8 Å². The third kappa shape index (κ3) is 3.22. The largest absolute Gasteiger partial charge is 0.370 e. The molecule has 0 aromatic heterocycles. The molecule has 0 radical (unpaired) electrons. The van der Waals surface area contributed by atoms with E-state index in [0.29, 0.717) is 6.04 Å². The van der Waals surface area contributed by atoms with E-state index in [0.717, 1.165) is 13.1 Å². The Balaban J connectivity index is 1.78. The van der Waals surface area contributed by atoms with E-state index >= 15 is 0 Å². The fourth-order valence-corrected chi connectivity index (χ4v) is 2.62. The lowest BCUT2D eigenvalue weighted by Gasteiger charge is -2.21. The van der Waals surface area contributed by atoms with Gasteiger partial charge in [-0.3, -0.25) is 0 Å². The van der Waals surface area contributed by atoms with E-state index in [4.69, 9.17) is 0 Å². The summed E-state index contributed by atoms with van der Waals surface area (Å²) in [5.41, 5.74) is 2.95. The Morgan fingerprint density at radius 3 is 3.00 bits per heavy atom. The molecule has 2 nitrogen and oxygen atoms in total. The normalized spacial score (nSPS) is 16.0. The summed E-state index contributed by atoms with van der Waals surface area (Å²) in [7, 11) is 0. The molecule has 1 N–H and O–H groups in total. The molecule has 1 aromatic carbocycles. The number of fused-ring (bicyclic) bond motifs is 1. The van der Waals surface area contributed by atoms with Gasteiger partial charge >= 0.3 is 0 Å². The number of nitrogens with zero attached hydrogens (tertiary/aromatic N) is 1. The second-order valence-electron chi connectivity index (χ2n) is 5.01. The van der Waals surface area contributed by atoms with Crippen LogP contribution in [-0.2, 0) is 6.42 Å². The quantitative estimate of drug-likeness (QED) is 0.811. The van der Waals surface area contributed by atoms with Crippen LogP contribution in [0.25, 0.3) is 0 Å². The van der Waals surface area contributed by atoms with E-state index in [9.17, 15) is 0 Å². The van der Waals surface area contributed by atoms with Crippen molar-refractivity contribution >= 4 is 5.69 Å². The van der Waals surface area contributed by atoms with Crippen molar-refractivity contribution in [3.8, 4) is 0 Å². The molecule has 17 heavy (non-hydrogen) atoms. The van der Waals surface area contributed by atoms with Crippen molar-refractivity contribution in [1.82, 2.24) is 5.32 Å². The molecular formula is C15H24N2. The molecule has 0 bridgehead atoms. The first-order chi connectivity index (χ1) is 8.31. The molecule has 1 aliphatic rings. The summed E-state index contributed by atoms with van der Waals surface area (Å²) in [6.07, 6.45) is 3.75. The zero-order valence-corrected chi connectivity index (χ0v) is 11.1. The minimum Gasteiger partial charge on any atom is -0.370 e. The summed E-state index contributed by atoms with van der Waals surface area (Å²) in [6, 6.07) is 9.44. The van der Waals surface area contributed by atoms with Gasteiger partial charge in [-0.15, -0.1) is 0 Å². The average Bonchev–Trinajstić information content (AvgIpc) is 2.73. The van der Waals surface area contributed by atoms with Gasteiger partial charge in [0, 0.05) is 31.4 Å². The predicted molar refractivity (Wildman–Crippen MR) is 74.7 cm³/mol. The molecule has 1 aromatic rings. The number of hydrogen-bond donors (Lipinski definition) is 1. The van der Waals surface area contributed by atoms with E-state index in [2.05, 4.69) is 48.3 Å². The molecule has 0 aliphatic carbocycles. The van der Waals surface area contributed by atoms with E-state index in [1.807, 2.05) is 0 Å². The summed E-state index contributed by atoms with van der Waals surface area (Å²) >= 11 is 0. The number of nitrogens with one attached hydrogen (secondary N) is 1. The van der Waals surface area contributed by atoms with Crippen molar-refractivity contribution in [2.75, 3.05) is 24.5 Å². The maximum Gasteiger partial charge on any atom is 0.0399 e. The van der Waals surface area contributed by atoms with Gasteiger partial charge in [0.05, 0.1) is 0 Å². The highest BCUT2D eigenvalue weighted by atomic mass is 15.2. The fourth-order valence-electron chi connectivity index (χ4n) is 2.62. The van der Waals surface area contributed by atoms with E-state index in [1.165, 1.54) is 37.1 Å². The molecule has 0 amide bonds. The van der Waals surface area contributed by atoms with Crippen molar-refractivity contribution in [3.63, 3.8) is 0 Å². The van der Waals surface area contributed by atoms with Crippen molar-refractivity contribution in [1.29, 1.82) is 0 Å². The maximum absolute atomic E-state index is 3.60. The lowest BCUT2D eigenvalue weighted by atomic mass is 10.2. The molecule has 2 heteroatoms. The fraction of sp³-hybridized carbons (Fsp3) is 0.600. The van der Waals surface area contributed by atoms with Gasteiger partial charge in [-0.1, -0.05) is 31.5 Å². The summed E-state index contributed by atoms with van der Waals surface area (Å²) in [5.74, 6) is 0. The average molecular weight is 232 g/mol. The Bertz CT molecular complexity index is 349. The molecule has 0 saturated carbocycles. The number of anilines is 1. The van der Waals surface area contributed by atoms with Crippen LogP contribution >= 0.6 is 0 Å². The van der Waals surface area contributed by atoms with Gasteiger partial charge in [-0.25, -0.2) is 0 Å². The monoisotopic (exact) mass is 232 g/mol. The van der Waals surface area contributed by atoms with Gasteiger partial charge in [0.2, 0.25) is 0 Å². The first kappa shape index (κ1) is 12.4. The smallest absolute Gasteiger partial charge is 0.0399 e. The van der Waals surface area contributed by atoms with Crippen LogP contribution in [0.15, 0.2) is 24.3 Å². The zero-order valence-electron chi connectivity index (χ0n) is 11.1. The molecule has 94 valence electrons. The Kier molecular flexibility index (Phi) is 4.43. The van der Waals surface area contributed by atoms with Gasteiger partial charge in [-0.05, 0) is 31.4 Å². The molecule has 1 unspecified atom stereocenters. The Labute approximate surface area is 105 Å². The standard InChI is InChI=1S/C15H24N2/c1-3-6-13(2)16-10-12-17-11-9-14-7-4-5-8-15(14)17/h4-5,7-8,13,16H,3,6,9-12H2,1-2H3. The van der Waals surface area contributed by atoms with Crippen LogP contribution < -0.4 is 10.2 Å². The summed E-state index contributed by atoms with van der Waals surface area (Å²) < 4.78 is 0. The van der Waals surface area contributed by atoms with E-state index in [1.54, 1.807) is 0 Å². The number of rotatable bonds is 6. The molecule has 0 saturated heterocycles. The van der Waals surface area contributed by atoms with Crippen LogP contribution in [0.5, 0.6) is 0 Å². The van der Waals surface area contributed by atoms with E-state index in [-0.39, 0.29) is 0 Å². The van der Waals surface area contributed by atoms with Crippen LogP contribution in [0.3, 0.4) is 0 Å². The van der Waals surface area contributed by atoms with Gasteiger partial charge in [0.15, 0.2) is 0 Å². The van der Waals surface area contributed by atoms with Crippen LogP contribution in [0, 0.1) is 0 Å². The lowest BCUT2D eigenvalue weighted by molar-refractivity contribution is 0.511. The lowest BCUT2D eigenvalue weighted by Crippen LogP contribution is -2.35. The van der Waals surface area contributed by atoms with Gasteiger partial charge in [0.1, 0.15) is 0 Å². The first-order valence-corrected chi connectivity index (χ1v) is 6.87. The first-order valence-electron chi connectivity index (χ1n) is 6.87. The molecule has 0 spiro atoms. The number of benzene rings is 1. The minimum atomic E-state index is 0.651. The highest BCUT2D eigenvalue weighted by Crippen LogP contribution is 2.26. The Hall–Kier alpha value is -1.02. The van der Waals surface area contributed by atoms with E-state index < -0.39 is 0 Å². The van der Waals surface area contributed by atoms with Crippen LogP contribution in [0.4, 0.5) is 5.69 Å². The van der Waals surface area contributed by atoms with Crippen molar-refractivity contribution < 1.29 is 0 Å². The van der Waals surface area contributed by atoms with Gasteiger partial charge in [0.25, 0.3) is 0 Å². The van der Waals surface area contributed by atoms with Crippen LogP contribution in [0.1, 0.15) is 32.3 Å². The predicted octanol–water partition coefficient (Wildman–Crippen LogP) is 2.83. The SMILES string of the molecule is CCCC(C)NCCN1CCc2ccccc21. The Morgan fingerprint density at radius 1 is 1.35 bits per heavy atom. The molecule has 1 heterocycles. The van der Waals surface area contributed by atoms with Crippen LogP contribution in [-0.4, -0.2) is 25.7 Å². The third-order valence-electron chi connectivity index (χ3n) is 3.58. The van der Waals surface area contributed by atoms with Gasteiger partial charge in [-0.2, -0.15) is 0 Å². The molecule has 1 atom stereocenters. The van der Waals surface area contributed by atoms with Crippen molar-refractivity contribution in [2.24, 2.45) is 0 Å². The summed E-state index contributed by atoms with van der Waals surface area (Å²) in [4.78, 5) is 2.50. The molecule has 2 rings (SSSR count). The topological polar surface area (TPSA) is 15.3 Å². The zero-order chi connectivity index (χ0) is 12.1. The number of hydrogen-bond acceptors (Lipinski definition) is 2.